The topological polar surface area (TPSA) is 153 Å². The Morgan fingerprint density at radius 3 is 2.67 bits per heavy atom. The Kier molecular flexibility index (Phi) is 5.60. The van der Waals surface area contributed by atoms with E-state index in [1.54, 1.807) is 18.6 Å². The number of carboxylic acid groups (broad SMARTS) is 1. The van der Waals surface area contributed by atoms with E-state index < -0.39 is 28.4 Å². The summed E-state index contributed by atoms with van der Waals surface area (Å²) in [6, 6.07) is 0. The van der Waals surface area contributed by atoms with E-state index in [1.165, 1.54) is 0 Å². The number of carboxylic acids is 1. The second-order valence-corrected chi connectivity index (χ2v) is 5.63. The fourth-order valence-corrected chi connectivity index (χ4v) is 1.88. The Labute approximate surface area is 120 Å². The van der Waals surface area contributed by atoms with Crippen molar-refractivity contribution in [3.05, 3.63) is 11.9 Å². The maximum Gasteiger partial charge on any atom is 0.422 e. The van der Waals surface area contributed by atoms with Gasteiger partial charge in [-0.1, -0.05) is 5.21 Å². The monoisotopic (exact) mass is 321 g/mol. The Morgan fingerprint density at radius 1 is 1.48 bits per heavy atom. The lowest BCUT2D eigenvalue weighted by Gasteiger charge is -2.10. The molecule has 21 heavy (non-hydrogen) atoms. The fourth-order valence-electron chi connectivity index (χ4n) is 1.18. The predicted octanol–water partition coefficient (Wildman–Crippen LogP) is -1.05. The van der Waals surface area contributed by atoms with Crippen molar-refractivity contribution in [2.24, 2.45) is 0 Å². The summed E-state index contributed by atoms with van der Waals surface area (Å²) in [5.74, 6) is -1.24. The third kappa shape index (κ3) is 6.18. The molecule has 0 atom stereocenters. The van der Waals surface area contributed by atoms with Gasteiger partial charge in [-0.3, -0.25) is 4.68 Å². The van der Waals surface area contributed by atoms with Gasteiger partial charge in [0, 0.05) is 6.54 Å². The second-order valence-electron chi connectivity index (χ2n) is 4.13. The number of rotatable bonds is 7. The molecule has 0 unspecified atom stereocenters. The highest BCUT2D eigenvalue weighted by molar-refractivity contribution is 7.88. The molecule has 1 aromatic heterocycles. The highest BCUT2D eigenvalue weighted by atomic mass is 32.2. The molecule has 11 nitrogen and oxygen atoms in total. The molecule has 1 heterocycles. The van der Waals surface area contributed by atoms with Crippen LogP contribution in [0.4, 0.5) is 4.79 Å². The van der Waals surface area contributed by atoms with Gasteiger partial charge in [0.2, 0.25) is 0 Å². The van der Waals surface area contributed by atoms with Gasteiger partial charge in [0.15, 0.2) is 5.69 Å². The molecule has 1 amide bonds. The first-order valence-electron chi connectivity index (χ1n) is 5.81. The van der Waals surface area contributed by atoms with Gasteiger partial charge in [0.25, 0.3) is 0 Å². The maximum absolute atomic E-state index is 11.5. The van der Waals surface area contributed by atoms with Gasteiger partial charge in [-0.25, -0.2) is 14.3 Å². The molecule has 0 aromatic carbocycles. The zero-order valence-electron chi connectivity index (χ0n) is 11.3. The Bertz CT molecular complexity index is 610. The molecule has 0 saturated carbocycles. The summed E-state index contributed by atoms with van der Waals surface area (Å²) in [6.45, 7) is 3.07. The van der Waals surface area contributed by atoms with E-state index in [9.17, 15) is 18.0 Å². The van der Waals surface area contributed by atoms with Crippen LogP contribution in [0.15, 0.2) is 6.20 Å². The van der Waals surface area contributed by atoms with Crippen LogP contribution >= 0.6 is 0 Å². The van der Waals surface area contributed by atoms with Crippen molar-refractivity contribution in [3.63, 3.8) is 0 Å². The Hall–Kier alpha value is -2.21. The van der Waals surface area contributed by atoms with Crippen molar-refractivity contribution >= 4 is 22.3 Å². The number of carbonyl (C=O) groups is 2. The molecule has 0 aliphatic rings. The minimum absolute atomic E-state index is 0.0421. The van der Waals surface area contributed by atoms with E-state index in [0.29, 0.717) is 0 Å². The average Bonchev–Trinajstić information content (AvgIpc) is 2.75. The molecule has 3 N–H and O–H groups in total. The van der Waals surface area contributed by atoms with E-state index in [2.05, 4.69) is 19.8 Å². The number of hydrogen-bond acceptors (Lipinski definition) is 7. The molecule has 0 fully saturated rings. The van der Waals surface area contributed by atoms with Crippen LogP contribution < -0.4 is 9.44 Å². The molecule has 0 saturated heterocycles. The zero-order chi connectivity index (χ0) is 16.0. The van der Waals surface area contributed by atoms with Gasteiger partial charge in [0.05, 0.1) is 18.8 Å². The lowest BCUT2D eigenvalue weighted by molar-refractivity contribution is 0.0690. The van der Waals surface area contributed by atoms with Crippen LogP contribution in [0.25, 0.3) is 0 Å². The Balaban J connectivity index is 2.42. The van der Waals surface area contributed by atoms with Crippen LogP contribution in [-0.4, -0.2) is 53.2 Å². The number of amides is 1. The van der Waals surface area contributed by atoms with Gasteiger partial charge in [0.1, 0.15) is 0 Å². The third-order valence-electron chi connectivity index (χ3n) is 1.95. The highest BCUT2D eigenvalue weighted by Gasteiger charge is 2.16. The van der Waals surface area contributed by atoms with E-state index >= 15 is 0 Å². The molecule has 0 radical (unpaired) electrons. The summed E-state index contributed by atoms with van der Waals surface area (Å²) < 4.78 is 32.4. The van der Waals surface area contributed by atoms with Gasteiger partial charge >= 0.3 is 22.3 Å². The van der Waals surface area contributed by atoms with E-state index in [4.69, 9.17) is 5.11 Å². The Morgan fingerprint density at radius 2 is 2.14 bits per heavy atom. The van der Waals surface area contributed by atoms with E-state index in [-0.39, 0.29) is 18.8 Å². The summed E-state index contributed by atoms with van der Waals surface area (Å²) in [4.78, 5) is 21.7. The second kappa shape index (κ2) is 6.99. The molecular formula is C9H15N5O6S. The van der Waals surface area contributed by atoms with Crippen molar-refractivity contribution in [2.75, 3.05) is 6.54 Å². The number of hydrogen-bond donors (Lipinski definition) is 3. The van der Waals surface area contributed by atoms with Crippen LogP contribution in [0.1, 0.15) is 24.3 Å². The molecule has 0 bridgehead atoms. The fraction of sp³-hybridized carbons (Fsp3) is 0.556. The van der Waals surface area contributed by atoms with Crippen molar-refractivity contribution < 1.29 is 27.9 Å². The van der Waals surface area contributed by atoms with Crippen LogP contribution in [0, 0.1) is 0 Å². The number of aromatic nitrogens is 3. The largest absolute Gasteiger partial charge is 0.476 e. The zero-order valence-corrected chi connectivity index (χ0v) is 12.1. The predicted molar refractivity (Wildman–Crippen MR) is 68.7 cm³/mol. The quantitative estimate of drug-likeness (QED) is 0.575. The number of nitrogens with zero attached hydrogens (tertiary/aromatic N) is 3. The van der Waals surface area contributed by atoms with E-state index in [1.807, 2.05) is 0 Å². The molecule has 0 aliphatic heterocycles. The molecule has 0 spiro atoms. The highest BCUT2D eigenvalue weighted by Crippen LogP contribution is 1.93. The summed E-state index contributed by atoms with van der Waals surface area (Å²) in [6.07, 6.45) is -0.395. The molecule has 118 valence electrons. The summed E-state index contributed by atoms with van der Waals surface area (Å²) in [5.41, 5.74) is -0.253. The van der Waals surface area contributed by atoms with Gasteiger partial charge in [-0.05, 0) is 13.8 Å². The molecule has 12 heteroatoms. The van der Waals surface area contributed by atoms with E-state index in [0.717, 1.165) is 10.9 Å². The van der Waals surface area contributed by atoms with Crippen molar-refractivity contribution in [1.82, 2.24) is 24.4 Å². The lowest BCUT2D eigenvalue weighted by atomic mass is 10.5. The number of aromatic carboxylic acids is 1. The van der Waals surface area contributed by atoms with Crippen molar-refractivity contribution in [1.29, 1.82) is 0 Å². The van der Waals surface area contributed by atoms with Crippen molar-refractivity contribution in [3.8, 4) is 0 Å². The first-order valence-corrected chi connectivity index (χ1v) is 7.29. The lowest BCUT2D eigenvalue weighted by Crippen LogP contribution is -2.42. The number of carbonyl (C=O) groups excluding carboxylic acids is 1. The van der Waals surface area contributed by atoms with Crippen LogP contribution in [0.2, 0.25) is 0 Å². The number of ether oxygens (including phenoxy) is 1. The smallest absolute Gasteiger partial charge is 0.422 e. The van der Waals surface area contributed by atoms with Crippen LogP contribution in [0.3, 0.4) is 0 Å². The SMILES string of the molecule is CC(C)OC(=O)NS(=O)(=O)NCCn1cc(C(=O)O)nn1. The number of nitrogens with one attached hydrogen (secondary N) is 2. The minimum atomic E-state index is -4.06. The van der Waals surface area contributed by atoms with Gasteiger partial charge < -0.3 is 9.84 Å². The molecule has 1 rings (SSSR count). The summed E-state index contributed by atoms with van der Waals surface area (Å²) >= 11 is 0. The third-order valence-corrected chi connectivity index (χ3v) is 2.97. The molecule has 1 aromatic rings. The first-order chi connectivity index (χ1) is 9.69. The van der Waals surface area contributed by atoms with Gasteiger partial charge in [-0.2, -0.15) is 13.1 Å². The maximum atomic E-state index is 11.5. The summed E-state index contributed by atoms with van der Waals surface area (Å²) in [7, 11) is -4.06. The van der Waals surface area contributed by atoms with Crippen LogP contribution in [0.5, 0.6) is 0 Å². The minimum Gasteiger partial charge on any atom is -0.476 e. The summed E-state index contributed by atoms with van der Waals surface area (Å²) in [5, 5.41) is 15.5. The first kappa shape index (κ1) is 16.8. The van der Waals surface area contributed by atoms with Gasteiger partial charge in [-0.15, -0.1) is 5.10 Å². The molecular weight excluding hydrogens is 306 g/mol. The normalized spacial score (nSPS) is 11.4. The van der Waals surface area contributed by atoms with Crippen molar-refractivity contribution in [2.45, 2.75) is 26.5 Å². The molecule has 0 aliphatic carbocycles. The van der Waals surface area contributed by atoms with Crippen LogP contribution in [-0.2, 0) is 21.5 Å². The standard InChI is InChI=1S/C9H15N5O6S/c1-6(2)20-9(17)12-21(18,19)10-3-4-14-5-7(8(15)16)11-13-14/h5-6,10H,3-4H2,1-2H3,(H,12,17)(H,15,16). The average molecular weight is 321 g/mol.